The Morgan fingerprint density at radius 1 is 1.05 bits per heavy atom. The summed E-state index contributed by atoms with van der Waals surface area (Å²) in [6, 6.07) is 4.59. The molecule has 2 aromatic carbocycles. The van der Waals surface area contributed by atoms with E-state index in [2.05, 4.69) is 0 Å². The number of anilines is 1. The van der Waals surface area contributed by atoms with Crippen molar-refractivity contribution in [2.24, 2.45) is 0 Å². The van der Waals surface area contributed by atoms with Gasteiger partial charge in [0.2, 0.25) is 0 Å². The van der Waals surface area contributed by atoms with Crippen molar-refractivity contribution < 1.29 is 49.8 Å². The van der Waals surface area contributed by atoms with Crippen molar-refractivity contribution in [3.63, 3.8) is 0 Å². The number of nitrogens with zero attached hydrogens (tertiary/aromatic N) is 2. The monoisotopic (exact) mass is 558 g/mol. The molecular weight excluding hydrogens is 534 g/mol. The minimum absolute atomic E-state index is 0.0226. The summed E-state index contributed by atoms with van der Waals surface area (Å²) in [7, 11) is 1.05. The molecular formula is C26H24F6N2O5. The molecule has 0 bridgehead atoms. The quantitative estimate of drug-likeness (QED) is 0.310. The Morgan fingerprint density at radius 2 is 1.69 bits per heavy atom. The highest BCUT2D eigenvalue weighted by Gasteiger charge is 2.41. The number of hydrogen-bond donors (Lipinski definition) is 0. The maximum atomic E-state index is 13.5. The number of furan rings is 1. The zero-order valence-electron chi connectivity index (χ0n) is 21.0. The maximum Gasteiger partial charge on any atom is 0.416 e. The van der Waals surface area contributed by atoms with Crippen molar-refractivity contribution in [2.75, 3.05) is 18.6 Å². The minimum atomic E-state index is -5.05. The van der Waals surface area contributed by atoms with Crippen LogP contribution >= 0.6 is 0 Å². The molecule has 0 saturated heterocycles. The smallest absolute Gasteiger partial charge is 0.416 e. The molecule has 210 valence electrons. The number of halogens is 6. The third-order valence-electron chi connectivity index (χ3n) is 6.48. The van der Waals surface area contributed by atoms with E-state index in [4.69, 9.17) is 13.9 Å². The Morgan fingerprint density at radius 3 is 2.26 bits per heavy atom. The van der Waals surface area contributed by atoms with Gasteiger partial charge in [0.05, 0.1) is 42.8 Å². The van der Waals surface area contributed by atoms with Gasteiger partial charge in [-0.2, -0.15) is 26.3 Å². The highest BCUT2D eigenvalue weighted by atomic mass is 19.4. The van der Waals surface area contributed by atoms with Crippen molar-refractivity contribution in [2.45, 2.75) is 51.2 Å². The number of carbonyl (C=O) groups excluding carboxylic acids is 2. The molecule has 0 spiro atoms. The highest BCUT2D eigenvalue weighted by molar-refractivity contribution is 5.94. The van der Waals surface area contributed by atoms with Gasteiger partial charge in [-0.05, 0) is 62.2 Å². The number of hydrogen-bond acceptors (Lipinski definition) is 5. The molecule has 0 saturated carbocycles. The molecule has 0 N–H and O–H groups in total. The first-order chi connectivity index (χ1) is 18.2. The normalized spacial score (nSPS) is 17.6. The third kappa shape index (κ3) is 5.62. The van der Waals surface area contributed by atoms with Crippen LogP contribution in [0.1, 0.15) is 48.6 Å². The van der Waals surface area contributed by atoms with Gasteiger partial charge < -0.3 is 13.9 Å². The molecule has 39 heavy (non-hydrogen) atoms. The van der Waals surface area contributed by atoms with Crippen molar-refractivity contribution in [3.05, 3.63) is 64.9 Å². The van der Waals surface area contributed by atoms with Gasteiger partial charge in [0, 0.05) is 23.5 Å². The van der Waals surface area contributed by atoms with Crippen molar-refractivity contribution >= 4 is 28.8 Å². The maximum absolute atomic E-state index is 13.5. The lowest BCUT2D eigenvalue weighted by molar-refractivity contribution is -0.143. The predicted molar refractivity (Wildman–Crippen MR) is 127 cm³/mol. The lowest BCUT2D eigenvalue weighted by Crippen LogP contribution is -2.47. The molecule has 2 heterocycles. The fraction of sp³-hybridized carbons (Fsp3) is 0.385. The molecule has 2 unspecified atom stereocenters. The van der Waals surface area contributed by atoms with Crippen LogP contribution in [-0.2, 0) is 28.4 Å². The third-order valence-corrected chi connectivity index (χ3v) is 6.48. The lowest BCUT2D eigenvalue weighted by Gasteiger charge is -2.42. The highest BCUT2D eigenvalue weighted by Crippen LogP contribution is 2.44. The van der Waals surface area contributed by atoms with Crippen LogP contribution in [0.5, 0.6) is 0 Å². The number of alkyl halides is 6. The van der Waals surface area contributed by atoms with Crippen molar-refractivity contribution in [1.82, 2.24) is 4.90 Å². The van der Waals surface area contributed by atoms with Crippen LogP contribution in [0.15, 0.2) is 47.1 Å². The van der Waals surface area contributed by atoms with Crippen molar-refractivity contribution in [1.29, 1.82) is 0 Å². The summed E-state index contributed by atoms with van der Waals surface area (Å²) in [6.45, 7) is 2.79. The van der Waals surface area contributed by atoms with Crippen LogP contribution in [-0.4, -0.2) is 36.8 Å². The molecule has 13 heteroatoms. The number of carbonyl (C=O) groups is 2. The molecule has 4 rings (SSSR count). The van der Waals surface area contributed by atoms with Gasteiger partial charge in [-0.25, -0.2) is 9.59 Å². The van der Waals surface area contributed by atoms with E-state index in [1.807, 2.05) is 0 Å². The number of fused-ring (bicyclic) bond motifs is 2. The van der Waals surface area contributed by atoms with E-state index in [0.29, 0.717) is 34.4 Å². The van der Waals surface area contributed by atoms with Gasteiger partial charge in [-0.15, -0.1) is 0 Å². The molecule has 7 nitrogen and oxygen atoms in total. The topological polar surface area (TPSA) is 72.2 Å². The fourth-order valence-electron chi connectivity index (χ4n) is 4.77. The van der Waals surface area contributed by atoms with E-state index < -0.39 is 59.9 Å². The second kappa shape index (κ2) is 10.3. The largest absolute Gasteiger partial charge is 0.464 e. The fourth-order valence-corrected chi connectivity index (χ4v) is 4.77. The SMILES string of the molecule is CCOC(=O)N1c2cc3ccoc3cc2C(N(Cc2cc(C(F)(F)F)cc(C(F)(F)F)c2)C(=O)OC)CC1C. The number of ether oxygens (including phenoxy) is 2. The molecule has 1 aliphatic rings. The van der Waals surface area contributed by atoms with Crippen LogP contribution in [0.25, 0.3) is 11.0 Å². The first-order valence-corrected chi connectivity index (χ1v) is 11.8. The molecule has 2 amide bonds. The Labute approximate surface area is 218 Å². The molecule has 0 fully saturated rings. The van der Waals surface area contributed by atoms with E-state index in [9.17, 15) is 35.9 Å². The molecule has 2 atom stereocenters. The van der Waals surface area contributed by atoms with Gasteiger partial charge in [0.25, 0.3) is 0 Å². The Hall–Kier alpha value is -3.90. The van der Waals surface area contributed by atoms with E-state index in [1.165, 1.54) is 11.2 Å². The second-order valence-electron chi connectivity index (χ2n) is 9.05. The van der Waals surface area contributed by atoms with Crippen LogP contribution in [0.4, 0.5) is 41.6 Å². The number of methoxy groups -OCH3 is 1. The van der Waals surface area contributed by atoms with Gasteiger partial charge >= 0.3 is 24.5 Å². The van der Waals surface area contributed by atoms with Crippen molar-refractivity contribution in [3.8, 4) is 0 Å². The molecule has 3 aromatic rings. The number of benzene rings is 2. The van der Waals surface area contributed by atoms with Gasteiger partial charge in [0.15, 0.2) is 0 Å². The number of rotatable bonds is 4. The molecule has 1 aromatic heterocycles. The number of amides is 2. The van der Waals surface area contributed by atoms with E-state index in [0.717, 1.165) is 12.0 Å². The molecule has 1 aliphatic heterocycles. The summed E-state index contributed by atoms with van der Waals surface area (Å²) in [5, 5.41) is 0.633. The van der Waals surface area contributed by atoms with E-state index in [-0.39, 0.29) is 19.1 Å². The lowest BCUT2D eigenvalue weighted by atomic mass is 9.89. The average Bonchev–Trinajstić information content (AvgIpc) is 3.31. The Kier molecular flexibility index (Phi) is 7.46. The average molecular weight is 558 g/mol. The first kappa shape index (κ1) is 28.1. The summed E-state index contributed by atoms with van der Waals surface area (Å²) in [6.07, 6.45) is -10.2. The second-order valence-corrected chi connectivity index (χ2v) is 9.05. The van der Waals surface area contributed by atoms with Crippen LogP contribution in [0, 0.1) is 0 Å². The summed E-state index contributed by atoms with van der Waals surface area (Å²) < 4.78 is 96.4. The summed E-state index contributed by atoms with van der Waals surface area (Å²) >= 11 is 0. The Balaban J connectivity index is 1.85. The summed E-state index contributed by atoms with van der Waals surface area (Å²) in [4.78, 5) is 28.2. The first-order valence-electron chi connectivity index (χ1n) is 11.8. The van der Waals surface area contributed by atoms with Crippen LogP contribution < -0.4 is 4.90 Å². The Bertz CT molecular complexity index is 1350. The van der Waals surface area contributed by atoms with Crippen LogP contribution in [0.3, 0.4) is 0 Å². The zero-order valence-corrected chi connectivity index (χ0v) is 21.0. The standard InChI is InChI=1S/C26H24F6N2O5/c1-4-38-24(36)34-14(2)7-20(19-12-22-16(5-6-39-22)10-21(19)34)33(23(35)37-3)13-15-8-17(25(27,28)29)11-18(9-15)26(30,31)32/h5-6,8-12,14,20H,4,7,13H2,1-3H3. The molecule has 0 radical (unpaired) electrons. The minimum Gasteiger partial charge on any atom is -0.464 e. The summed E-state index contributed by atoms with van der Waals surface area (Å²) in [5.74, 6) is 0. The zero-order chi connectivity index (χ0) is 28.7. The van der Waals surface area contributed by atoms with E-state index in [1.54, 1.807) is 32.0 Å². The van der Waals surface area contributed by atoms with Gasteiger partial charge in [-0.1, -0.05) is 0 Å². The predicted octanol–water partition coefficient (Wildman–Crippen LogP) is 7.54. The summed E-state index contributed by atoms with van der Waals surface area (Å²) in [5.41, 5.74) is -2.25. The van der Waals surface area contributed by atoms with Crippen LogP contribution in [0.2, 0.25) is 0 Å². The van der Waals surface area contributed by atoms with Gasteiger partial charge in [-0.3, -0.25) is 9.80 Å². The van der Waals surface area contributed by atoms with Gasteiger partial charge in [0.1, 0.15) is 5.58 Å². The van der Waals surface area contributed by atoms with E-state index >= 15 is 0 Å². The molecule has 0 aliphatic carbocycles.